The van der Waals surface area contributed by atoms with Gasteiger partial charge >= 0.3 is 0 Å². The lowest BCUT2D eigenvalue weighted by Crippen LogP contribution is -2.51. The SMILES string of the molecule is COc1cccc(C(=O)N2CCN(C(=O)CCN3CCCC3=O)CC2)c1. The first-order chi connectivity index (χ1) is 12.6. The van der Waals surface area contributed by atoms with Crippen LogP contribution in [0.1, 0.15) is 29.6 Å². The number of amides is 3. The zero-order valence-corrected chi connectivity index (χ0v) is 15.1. The van der Waals surface area contributed by atoms with Crippen LogP contribution in [-0.2, 0) is 9.59 Å². The van der Waals surface area contributed by atoms with Gasteiger partial charge in [-0.05, 0) is 24.6 Å². The Kier molecular flexibility index (Phi) is 5.75. The van der Waals surface area contributed by atoms with Crippen molar-refractivity contribution in [1.29, 1.82) is 0 Å². The van der Waals surface area contributed by atoms with E-state index >= 15 is 0 Å². The van der Waals surface area contributed by atoms with Gasteiger partial charge in [0.15, 0.2) is 0 Å². The normalized spacial score (nSPS) is 17.6. The maximum atomic E-state index is 12.6. The number of likely N-dealkylation sites (tertiary alicyclic amines) is 1. The first-order valence-corrected chi connectivity index (χ1v) is 9.07. The third-order valence-electron chi connectivity index (χ3n) is 5.00. The molecule has 2 heterocycles. The van der Waals surface area contributed by atoms with Gasteiger partial charge in [0.1, 0.15) is 5.75 Å². The molecule has 3 amide bonds. The zero-order chi connectivity index (χ0) is 18.5. The Morgan fingerprint density at radius 3 is 2.46 bits per heavy atom. The first-order valence-electron chi connectivity index (χ1n) is 9.07. The number of hydrogen-bond acceptors (Lipinski definition) is 4. The minimum Gasteiger partial charge on any atom is -0.497 e. The highest BCUT2D eigenvalue weighted by atomic mass is 16.5. The molecule has 2 fully saturated rings. The van der Waals surface area contributed by atoms with Crippen LogP contribution in [0.25, 0.3) is 0 Å². The van der Waals surface area contributed by atoms with Crippen molar-refractivity contribution in [3.63, 3.8) is 0 Å². The molecule has 0 atom stereocenters. The molecule has 3 rings (SSSR count). The summed E-state index contributed by atoms with van der Waals surface area (Å²) in [5, 5.41) is 0. The molecule has 7 heteroatoms. The monoisotopic (exact) mass is 359 g/mol. The molecule has 7 nitrogen and oxygen atoms in total. The van der Waals surface area contributed by atoms with E-state index < -0.39 is 0 Å². The highest BCUT2D eigenvalue weighted by Crippen LogP contribution is 2.16. The summed E-state index contributed by atoms with van der Waals surface area (Å²) in [7, 11) is 1.57. The van der Waals surface area contributed by atoms with Gasteiger partial charge in [0.05, 0.1) is 7.11 Å². The number of benzene rings is 1. The molecule has 0 spiro atoms. The van der Waals surface area contributed by atoms with Gasteiger partial charge in [0, 0.05) is 57.7 Å². The van der Waals surface area contributed by atoms with E-state index in [4.69, 9.17) is 4.74 Å². The van der Waals surface area contributed by atoms with Crippen molar-refractivity contribution in [2.75, 3.05) is 46.4 Å². The van der Waals surface area contributed by atoms with Gasteiger partial charge in [0.25, 0.3) is 5.91 Å². The van der Waals surface area contributed by atoms with Crippen molar-refractivity contribution in [2.45, 2.75) is 19.3 Å². The number of ether oxygens (including phenoxy) is 1. The average molecular weight is 359 g/mol. The number of carbonyl (C=O) groups is 3. The van der Waals surface area contributed by atoms with Crippen LogP contribution in [0.5, 0.6) is 5.75 Å². The summed E-state index contributed by atoms with van der Waals surface area (Å²) in [5.41, 5.74) is 0.594. The van der Waals surface area contributed by atoms with E-state index in [2.05, 4.69) is 0 Å². The van der Waals surface area contributed by atoms with Gasteiger partial charge in [-0.3, -0.25) is 14.4 Å². The summed E-state index contributed by atoms with van der Waals surface area (Å²) in [6.45, 7) is 3.36. The van der Waals surface area contributed by atoms with Crippen LogP contribution in [0.3, 0.4) is 0 Å². The summed E-state index contributed by atoms with van der Waals surface area (Å²) < 4.78 is 5.17. The topological polar surface area (TPSA) is 70.2 Å². The second-order valence-electron chi connectivity index (χ2n) is 6.64. The summed E-state index contributed by atoms with van der Waals surface area (Å²) in [6.07, 6.45) is 1.84. The van der Waals surface area contributed by atoms with Crippen LogP contribution in [0, 0.1) is 0 Å². The third-order valence-corrected chi connectivity index (χ3v) is 5.00. The lowest BCUT2D eigenvalue weighted by molar-refractivity contribution is -0.134. The number of rotatable bonds is 5. The van der Waals surface area contributed by atoms with E-state index in [-0.39, 0.29) is 17.7 Å². The molecule has 140 valence electrons. The molecule has 0 saturated carbocycles. The van der Waals surface area contributed by atoms with Crippen LogP contribution in [0.15, 0.2) is 24.3 Å². The van der Waals surface area contributed by atoms with E-state index in [1.54, 1.807) is 46.1 Å². The van der Waals surface area contributed by atoms with Crippen molar-refractivity contribution in [1.82, 2.24) is 14.7 Å². The fourth-order valence-corrected chi connectivity index (χ4v) is 3.43. The van der Waals surface area contributed by atoms with Crippen molar-refractivity contribution in [3.8, 4) is 5.75 Å². The molecule has 0 radical (unpaired) electrons. The van der Waals surface area contributed by atoms with Crippen LogP contribution in [0.4, 0.5) is 0 Å². The van der Waals surface area contributed by atoms with Crippen LogP contribution in [0.2, 0.25) is 0 Å². The molecule has 0 unspecified atom stereocenters. The van der Waals surface area contributed by atoms with Crippen LogP contribution in [-0.4, -0.2) is 78.8 Å². The lowest BCUT2D eigenvalue weighted by atomic mass is 10.1. The molecule has 0 aliphatic carbocycles. The number of piperazine rings is 1. The molecule has 0 aromatic heterocycles. The Bertz CT molecular complexity index is 683. The predicted octanol–water partition coefficient (Wildman–Crippen LogP) is 0.992. The highest BCUT2D eigenvalue weighted by molar-refractivity contribution is 5.94. The minimum absolute atomic E-state index is 0.0429. The van der Waals surface area contributed by atoms with Gasteiger partial charge in [-0.25, -0.2) is 0 Å². The largest absolute Gasteiger partial charge is 0.497 e. The lowest BCUT2D eigenvalue weighted by Gasteiger charge is -2.35. The van der Waals surface area contributed by atoms with E-state index in [9.17, 15) is 14.4 Å². The molecule has 2 saturated heterocycles. The molecule has 2 aliphatic rings. The summed E-state index contributed by atoms with van der Waals surface area (Å²) >= 11 is 0. The molecule has 1 aromatic carbocycles. The quantitative estimate of drug-likeness (QED) is 0.786. The first kappa shape index (κ1) is 18.2. The number of hydrogen-bond donors (Lipinski definition) is 0. The number of methoxy groups -OCH3 is 1. The van der Waals surface area contributed by atoms with Crippen LogP contribution >= 0.6 is 0 Å². The number of carbonyl (C=O) groups excluding carboxylic acids is 3. The summed E-state index contributed by atoms with van der Waals surface area (Å²) in [5.74, 6) is 0.810. The molecule has 26 heavy (non-hydrogen) atoms. The van der Waals surface area contributed by atoms with E-state index in [0.29, 0.717) is 56.9 Å². The Hall–Kier alpha value is -2.57. The van der Waals surface area contributed by atoms with Gasteiger partial charge in [-0.2, -0.15) is 0 Å². The predicted molar refractivity (Wildman–Crippen MR) is 95.9 cm³/mol. The van der Waals surface area contributed by atoms with Crippen molar-refractivity contribution < 1.29 is 19.1 Å². The average Bonchev–Trinajstić information content (AvgIpc) is 3.10. The van der Waals surface area contributed by atoms with Gasteiger partial charge < -0.3 is 19.4 Å². The molecule has 0 N–H and O–H groups in total. The fourth-order valence-electron chi connectivity index (χ4n) is 3.43. The molecule has 2 aliphatic heterocycles. The number of nitrogens with zero attached hydrogens (tertiary/aromatic N) is 3. The Morgan fingerprint density at radius 1 is 1.08 bits per heavy atom. The standard InChI is InChI=1S/C19H25N3O4/c1-26-16-5-2-4-15(14-16)19(25)22-12-10-21(11-13-22)18(24)7-9-20-8-3-6-17(20)23/h2,4-5,14H,3,6-13H2,1H3. The Balaban J connectivity index is 1.48. The van der Waals surface area contributed by atoms with E-state index in [0.717, 1.165) is 13.0 Å². The summed E-state index contributed by atoms with van der Waals surface area (Å²) in [4.78, 5) is 41.9. The maximum Gasteiger partial charge on any atom is 0.254 e. The molecule has 1 aromatic rings. The van der Waals surface area contributed by atoms with Crippen molar-refractivity contribution >= 4 is 17.7 Å². The smallest absolute Gasteiger partial charge is 0.254 e. The Labute approximate surface area is 153 Å². The fraction of sp³-hybridized carbons (Fsp3) is 0.526. The van der Waals surface area contributed by atoms with Gasteiger partial charge in [-0.1, -0.05) is 6.07 Å². The molecular formula is C19H25N3O4. The van der Waals surface area contributed by atoms with Gasteiger partial charge in [-0.15, -0.1) is 0 Å². The molecule has 0 bridgehead atoms. The van der Waals surface area contributed by atoms with E-state index in [1.165, 1.54) is 0 Å². The van der Waals surface area contributed by atoms with Crippen molar-refractivity contribution in [2.24, 2.45) is 0 Å². The third kappa shape index (κ3) is 4.15. The maximum absolute atomic E-state index is 12.6. The van der Waals surface area contributed by atoms with E-state index in [1.807, 2.05) is 0 Å². The highest BCUT2D eigenvalue weighted by Gasteiger charge is 2.26. The second-order valence-corrected chi connectivity index (χ2v) is 6.64. The zero-order valence-electron chi connectivity index (χ0n) is 15.1. The molecular weight excluding hydrogens is 334 g/mol. The van der Waals surface area contributed by atoms with Crippen LogP contribution < -0.4 is 4.74 Å². The van der Waals surface area contributed by atoms with Crippen molar-refractivity contribution in [3.05, 3.63) is 29.8 Å². The Morgan fingerprint density at radius 2 is 1.81 bits per heavy atom. The summed E-state index contributed by atoms with van der Waals surface area (Å²) in [6, 6.07) is 7.10. The minimum atomic E-state index is -0.0429. The van der Waals surface area contributed by atoms with Gasteiger partial charge in [0.2, 0.25) is 11.8 Å². The second kappa shape index (κ2) is 8.21.